The molecule has 1 aliphatic carbocycles. The summed E-state index contributed by atoms with van der Waals surface area (Å²) in [6.45, 7) is 4.98. The van der Waals surface area contributed by atoms with Crippen molar-refractivity contribution in [3.8, 4) is 0 Å². The number of ether oxygens (including phenoxy) is 2. The quantitative estimate of drug-likeness (QED) is 0.629. The first-order valence-electron chi connectivity index (χ1n) is 9.31. The number of carbonyl (C=O) groups is 2. The van der Waals surface area contributed by atoms with Crippen LogP contribution in [0.15, 0.2) is 30.3 Å². The summed E-state index contributed by atoms with van der Waals surface area (Å²) in [5, 5.41) is 30.5. The van der Waals surface area contributed by atoms with E-state index in [0.717, 1.165) is 10.5 Å². The van der Waals surface area contributed by atoms with Crippen molar-refractivity contribution >= 4 is 12.1 Å². The van der Waals surface area contributed by atoms with Gasteiger partial charge in [0.05, 0.1) is 12.1 Å². The Morgan fingerprint density at radius 3 is 2.32 bits per heavy atom. The third-order valence-electron chi connectivity index (χ3n) is 4.55. The summed E-state index contributed by atoms with van der Waals surface area (Å²) >= 11 is 0. The first-order chi connectivity index (χ1) is 13.1. The van der Waals surface area contributed by atoms with Crippen LogP contribution in [0.5, 0.6) is 0 Å². The Morgan fingerprint density at radius 2 is 1.75 bits per heavy atom. The van der Waals surface area contributed by atoms with Gasteiger partial charge in [-0.25, -0.2) is 9.59 Å². The van der Waals surface area contributed by atoms with E-state index < -0.39 is 42.0 Å². The van der Waals surface area contributed by atoms with E-state index in [1.54, 1.807) is 32.9 Å². The van der Waals surface area contributed by atoms with Crippen molar-refractivity contribution in [1.29, 1.82) is 0 Å². The molecule has 4 unspecified atom stereocenters. The Kier molecular flexibility index (Phi) is 7.40. The van der Waals surface area contributed by atoms with Crippen molar-refractivity contribution in [2.75, 3.05) is 6.61 Å². The van der Waals surface area contributed by atoms with Crippen LogP contribution in [-0.4, -0.2) is 68.8 Å². The molecule has 0 saturated heterocycles. The molecular weight excluding hydrogens is 366 g/mol. The van der Waals surface area contributed by atoms with E-state index in [4.69, 9.17) is 9.47 Å². The topological polar surface area (TPSA) is 117 Å². The fraction of sp³-hybridized carbons (Fsp3) is 0.600. The number of carboxylic acid groups (broad SMARTS) is 1. The van der Waals surface area contributed by atoms with Crippen LogP contribution in [0.3, 0.4) is 0 Å². The summed E-state index contributed by atoms with van der Waals surface area (Å²) in [5.41, 5.74) is 0.144. The number of aliphatic hydroxyl groups excluding tert-OH is 2. The van der Waals surface area contributed by atoms with Gasteiger partial charge in [0, 0.05) is 6.54 Å². The summed E-state index contributed by atoms with van der Waals surface area (Å²) in [4.78, 5) is 24.6. The molecule has 1 amide bonds. The molecule has 8 heteroatoms. The average Bonchev–Trinajstić information content (AvgIpc) is 2.60. The molecule has 1 saturated carbocycles. The average molecular weight is 395 g/mol. The van der Waals surface area contributed by atoms with Gasteiger partial charge in [-0.05, 0) is 39.2 Å². The first kappa shape index (κ1) is 22.1. The van der Waals surface area contributed by atoms with Crippen molar-refractivity contribution in [2.45, 2.75) is 70.1 Å². The molecular formula is C20H29NO7. The molecule has 8 nitrogen and oxygen atoms in total. The molecule has 4 atom stereocenters. The number of hydrogen-bond acceptors (Lipinski definition) is 6. The summed E-state index contributed by atoms with van der Waals surface area (Å²) in [5.74, 6) is -0.562. The second-order valence-corrected chi connectivity index (χ2v) is 7.96. The Bertz CT molecular complexity index is 658. The highest BCUT2D eigenvalue weighted by Gasteiger charge is 2.42. The summed E-state index contributed by atoms with van der Waals surface area (Å²) in [6, 6.07) is 8.28. The second kappa shape index (κ2) is 9.36. The number of benzene rings is 1. The zero-order chi connectivity index (χ0) is 20.9. The van der Waals surface area contributed by atoms with Gasteiger partial charge in [0.15, 0.2) is 0 Å². The van der Waals surface area contributed by atoms with E-state index in [0.29, 0.717) is 12.8 Å². The summed E-state index contributed by atoms with van der Waals surface area (Å²) in [6.07, 6.45) is -3.96. The van der Waals surface area contributed by atoms with Gasteiger partial charge in [-0.3, -0.25) is 4.90 Å². The van der Waals surface area contributed by atoms with Crippen LogP contribution < -0.4 is 0 Å². The number of aliphatic hydroxyl groups is 2. The fourth-order valence-electron chi connectivity index (χ4n) is 3.30. The Labute approximate surface area is 164 Å². The maximum absolute atomic E-state index is 11.8. The number of amides is 1. The molecule has 0 aromatic heterocycles. The van der Waals surface area contributed by atoms with Crippen LogP contribution in [0.4, 0.5) is 4.79 Å². The lowest BCUT2D eigenvalue weighted by atomic mass is 9.86. The molecule has 0 radical (unpaired) electrons. The van der Waals surface area contributed by atoms with Crippen LogP contribution >= 0.6 is 0 Å². The Hall–Kier alpha value is -2.16. The van der Waals surface area contributed by atoms with E-state index in [9.17, 15) is 24.9 Å². The normalized spacial score (nSPS) is 25.2. The van der Waals surface area contributed by atoms with Gasteiger partial charge in [-0.15, -0.1) is 0 Å². The van der Waals surface area contributed by atoms with Gasteiger partial charge in [0.2, 0.25) is 0 Å². The van der Waals surface area contributed by atoms with E-state index in [1.165, 1.54) is 0 Å². The smallest absolute Gasteiger partial charge is 0.407 e. The van der Waals surface area contributed by atoms with Crippen molar-refractivity contribution < 1.29 is 34.4 Å². The predicted molar refractivity (Wildman–Crippen MR) is 101 cm³/mol. The van der Waals surface area contributed by atoms with Gasteiger partial charge in [0.25, 0.3) is 0 Å². The van der Waals surface area contributed by atoms with Crippen LogP contribution in [0.1, 0.15) is 39.2 Å². The van der Waals surface area contributed by atoms with Crippen LogP contribution in [0.25, 0.3) is 0 Å². The minimum Gasteiger partial charge on any atom is -0.465 e. The number of hydrogen-bond donors (Lipinski definition) is 3. The van der Waals surface area contributed by atoms with Gasteiger partial charge < -0.3 is 24.8 Å². The lowest BCUT2D eigenvalue weighted by Crippen LogP contribution is -2.57. The van der Waals surface area contributed by atoms with Crippen LogP contribution in [-0.2, 0) is 20.8 Å². The highest BCUT2D eigenvalue weighted by molar-refractivity contribution is 5.71. The highest BCUT2D eigenvalue weighted by atomic mass is 16.6. The molecule has 0 bridgehead atoms. The largest absolute Gasteiger partial charge is 0.465 e. The minimum atomic E-state index is -1.32. The molecule has 156 valence electrons. The van der Waals surface area contributed by atoms with Gasteiger partial charge >= 0.3 is 12.1 Å². The zero-order valence-corrected chi connectivity index (χ0v) is 16.4. The number of carbonyl (C=O) groups excluding carboxylic acids is 1. The maximum atomic E-state index is 11.8. The second-order valence-electron chi connectivity index (χ2n) is 7.96. The molecule has 28 heavy (non-hydrogen) atoms. The zero-order valence-electron chi connectivity index (χ0n) is 16.4. The molecule has 2 rings (SSSR count). The SMILES string of the molecule is CC(C)(C)OC(=O)COC1CCC(N(Cc2ccccc2)C(=O)O)C(O)C1O. The van der Waals surface area contributed by atoms with Crippen molar-refractivity contribution in [1.82, 2.24) is 4.90 Å². The molecule has 1 aromatic carbocycles. The van der Waals surface area contributed by atoms with Crippen LogP contribution in [0, 0.1) is 0 Å². The number of nitrogens with zero attached hydrogens (tertiary/aromatic N) is 1. The fourth-order valence-corrected chi connectivity index (χ4v) is 3.30. The molecule has 0 spiro atoms. The number of esters is 1. The molecule has 1 fully saturated rings. The predicted octanol–water partition coefficient (Wildman–Crippen LogP) is 1.78. The molecule has 1 aliphatic rings. The minimum absolute atomic E-state index is 0.105. The van der Waals surface area contributed by atoms with Gasteiger partial charge in [-0.1, -0.05) is 30.3 Å². The number of rotatable bonds is 6. The third-order valence-corrected chi connectivity index (χ3v) is 4.55. The molecule has 3 N–H and O–H groups in total. The van der Waals surface area contributed by atoms with E-state index in [-0.39, 0.29) is 13.2 Å². The maximum Gasteiger partial charge on any atom is 0.407 e. The molecule has 1 aromatic rings. The summed E-state index contributed by atoms with van der Waals surface area (Å²) < 4.78 is 10.6. The Balaban J connectivity index is 1.97. The highest BCUT2D eigenvalue weighted by Crippen LogP contribution is 2.27. The van der Waals surface area contributed by atoms with Crippen molar-refractivity contribution in [3.05, 3.63) is 35.9 Å². The van der Waals surface area contributed by atoms with Gasteiger partial charge in [-0.2, -0.15) is 0 Å². The van der Waals surface area contributed by atoms with Crippen molar-refractivity contribution in [3.63, 3.8) is 0 Å². The van der Waals surface area contributed by atoms with E-state index >= 15 is 0 Å². The standard InChI is InChI=1S/C20H29NO7/c1-20(2,3)28-16(22)12-27-15-10-9-14(17(23)18(15)24)21(19(25)26)11-13-7-5-4-6-8-13/h4-8,14-15,17-18,23-24H,9-12H2,1-3H3,(H,25,26). The Morgan fingerprint density at radius 1 is 1.11 bits per heavy atom. The van der Waals surface area contributed by atoms with E-state index in [1.807, 2.05) is 18.2 Å². The monoisotopic (exact) mass is 395 g/mol. The molecule has 0 aliphatic heterocycles. The first-order valence-corrected chi connectivity index (χ1v) is 9.31. The lowest BCUT2D eigenvalue weighted by molar-refractivity contribution is -0.173. The van der Waals surface area contributed by atoms with E-state index in [2.05, 4.69) is 0 Å². The lowest BCUT2D eigenvalue weighted by Gasteiger charge is -2.41. The van der Waals surface area contributed by atoms with Crippen LogP contribution in [0.2, 0.25) is 0 Å². The van der Waals surface area contributed by atoms with Crippen molar-refractivity contribution in [2.24, 2.45) is 0 Å². The molecule has 0 heterocycles. The van der Waals surface area contributed by atoms with Gasteiger partial charge in [0.1, 0.15) is 24.4 Å². The summed E-state index contributed by atoms with van der Waals surface area (Å²) in [7, 11) is 0. The third kappa shape index (κ3) is 6.19.